The van der Waals surface area contributed by atoms with Crippen LogP contribution in [0.15, 0.2) is 28.8 Å². The van der Waals surface area contributed by atoms with Crippen molar-refractivity contribution in [3.05, 3.63) is 41.5 Å². The highest BCUT2D eigenvalue weighted by Crippen LogP contribution is 2.21. The van der Waals surface area contributed by atoms with Crippen molar-refractivity contribution in [3.63, 3.8) is 0 Å². The van der Waals surface area contributed by atoms with E-state index in [1.807, 2.05) is 32.0 Å². The topological polar surface area (TPSA) is 60.2 Å². The third-order valence-corrected chi connectivity index (χ3v) is 3.30. The Kier molecular flexibility index (Phi) is 5.19. The molecule has 1 atom stereocenters. The lowest BCUT2D eigenvalue weighted by Gasteiger charge is -2.12. The van der Waals surface area contributed by atoms with Gasteiger partial charge in [0.05, 0.1) is 12.6 Å². The maximum absolute atomic E-state index is 5.51. The summed E-state index contributed by atoms with van der Waals surface area (Å²) in [5, 5.41) is 7.45. The van der Waals surface area contributed by atoms with Gasteiger partial charge >= 0.3 is 0 Å². The predicted octanol–water partition coefficient (Wildman–Crippen LogP) is 3.62. The van der Waals surface area contributed by atoms with Crippen molar-refractivity contribution in [3.8, 4) is 5.75 Å². The van der Waals surface area contributed by atoms with E-state index in [1.165, 1.54) is 0 Å². The van der Waals surface area contributed by atoms with Crippen molar-refractivity contribution in [2.24, 2.45) is 0 Å². The molecule has 0 fully saturated rings. The summed E-state index contributed by atoms with van der Waals surface area (Å²) < 4.78 is 10.9. The summed E-state index contributed by atoms with van der Waals surface area (Å²) in [5.41, 5.74) is 1.06. The zero-order valence-electron chi connectivity index (χ0n) is 14.0. The number of benzene rings is 1. The number of ether oxygens (including phenoxy) is 1. The number of nitrogens with one attached hydrogen (secondary N) is 1. The minimum Gasteiger partial charge on any atom is -0.494 e. The van der Waals surface area contributed by atoms with E-state index in [0.717, 1.165) is 23.7 Å². The molecule has 5 heteroatoms. The van der Waals surface area contributed by atoms with E-state index in [1.54, 1.807) is 0 Å². The van der Waals surface area contributed by atoms with Crippen molar-refractivity contribution in [1.82, 2.24) is 15.5 Å². The van der Waals surface area contributed by atoms with Gasteiger partial charge < -0.3 is 14.6 Å². The highest BCUT2D eigenvalue weighted by molar-refractivity contribution is 5.28. The predicted molar refractivity (Wildman–Crippen MR) is 85.9 cm³/mol. The Hall–Kier alpha value is -1.88. The lowest BCUT2D eigenvalue weighted by atomic mass is 9.96. The number of hydrogen-bond donors (Lipinski definition) is 1. The van der Waals surface area contributed by atoms with Crippen molar-refractivity contribution in [2.75, 3.05) is 6.61 Å². The fraction of sp³-hybridized carbons (Fsp3) is 0.529. The maximum atomic E-state index is 5.51. The second kappa shape index (κ2) is 6.92. The van der Waals surface area contributed by atoms with E-state index in [4.69, 9.17) is 9.26 Å². The molecule has 0 spiro atoms. The van der Waals surface area contributed by atoms with Crippen LogP contribution in [0.4, 0.5) is 0 Å². The molecule has 1 N–H and O–H groups in total. The number of aromatic nitrogens is 2. The van der Waals surface area contributed by atoms with Crippen LogP contribution in [-0.4, -0.2) is 16.7 Å². The van der Waals surface area contributed by atoms with Crippen LogP contribution in [0.1, 0.15) is 57.9 Å². The Balaban J connectivity index is 1.96. The average molecular weight is 303 g/mol. The van der Waals surface area contributed by atoms with Crippen molar-refractivity contribution in [2.45, 2.75) is 52.6 Å². The molecule has 0 saturated carbocycles. The normalized spacial score (nSPS) is 13.1. The first-order chi connectivity index (χ1) is 10.4. The Morgan fingerprint density at radius 1 is 1.32 bits per heavy atom. The zero-order chi connectivity index (χ0) is 16.2. The second-order valence-corrected chi connectivity index (χ2v) is 6.39. The third kappa shape index (κ3) is 4.31. The first-order valence-electron chi connectivity index (χ1n) is 7.69. The molecule has 0 bridgehead atoms. The SMILES string of the molecule is CCOc1cccc(CNC(C)c2nc(C(C)(C)C)no2)c1. The molecule has 0 aliphatic carbocycles. The highest BCUT2D eigenvalue weighted by Gasteiger charge is 2.22. The highest BCUT2D eigenvalue weighted by atomic mass is 16.5. The minimum atomic E-state index is -0.104. The Morgan fingerprint density at radius 3 is 2.73 bits per heavy atom. The standard InChI is InChI=1S/C17H25N3O2/c1-6-21-14-9-7-8-13(10-14)11-18-12(2)15-19-16(20-22-15)17(3,4)5/h7-10,12,18H,6,11H2,1-5H3. The molecule has 0 saturated heterocycles. The van der Waals surface area contributed by atoms with Crippen LogP contribution < -0.4 is 10.1 Å². The van der Waals surface area contributed by atoms with Gasteiger partial charge in [0.15, 0.2) is 5.82 Å². The smallest absolute Gasteiger partial charge is 0.243 e. The van der Waals surface area contributed by atoms with Gasteiger partial charge in [0.2, 0.25) is 5.89 Å². The molecule has 1 unspecified atom stereocenters. The van der Waals surface area contributed by atoms with Crippen molar-refractivity contribution in [1.29, 1.82) is 0 Å². The summed E-state index contributed by atoms with van der Waals surface area (Å²) >= 11 is 0. The van der Waals surface area contributed by atoms with E-state index < -0.39 is 0 Å². The van der Waals surface area contributed by atoms with Crippen LogP contribution in [-0.2, 0) is 12.0 Å². The summed E-state index contributed by atoms with van der Waals surface area (Å²) in [4.78, 5) is 4.48. The van der Waals surface area contributed by atoms with Gasteiger partial charge in [-0.05, 0) is 31.5 Å². The van der Waals surface area contributed by atoms with Gasteiger partial charge in [0, 0.05) is 12.0 Å². The molecular weight excluding hydrogens is 278 g/mol. The van der Waals surface area contributed by atoms with Crippen molar-refractivity contribution < 1.29 is 9.26 Å². The van der Waals surface area contributed by atoms with Gasteiger partial charge in [-0.3, -0.25) is 0 Å². The molecule has 22 heavy (non-hydrogen) atoms. The number of hydrogen-bond acceptors (Lipinski definition) is 5. The first kappa shape index (κ1) is 16.5. The molecule has 1 heterocycles. The van der Waals surface area contributed by atoms with Gasteiger partial charge in [0.25, 0.3) is 0 Å². The van der Waals surface area contributed by atoms with Crippen LogP contribution in [0.2, 0.25) is 0 Å². The monoisotopic (exact) mass is 303 g/mol. The quantitative estimate of drug-likeness (QED) is 0.883. The summed E-state index contributed by atoms with van der Waals surface area (Å²) in [6.45, 7) is 11.6. The van der Waals surface area contributed by atoms with E-state index in [2.05, 4.69) is 42.3 Å². The van der Waals surface area contributed by atoms with Crippen molar-refractivity contribution >= 4 is 0 Å². The summed E-state index contributed by atoms with van der Waals surface area (Å²) in [6, 6.07) is 8.06. The lowest BCUT2D eigenvalue weighted by Crippen LogP contribution is -2.19. The lowest BCUT2D eigenvalue weighted by molar-refractivity contribution is 0.329. The van der Waals surface area contributed by atoms with Crippen LogP contribution in [0.3, 0.4) is 0 Å². The minimum absolute atomic E-state index is 0.000602. The van der Waals surface area contributed by atoms with Crippen LogP contribution in [0.5, 0.6) is 5.75 Å². The summed E-state index contributed by atoms with van der Waals surface area (Å²) in [7, 11) is 0. The Bertz CT molecular complexity index is 602. The van der Waals surface area contributed by atoms with E-state index >= 15 is 0 Å². The maximum Gasteiger partial charge on any atom is 0.243 e. The van der Waals surface area contributed by atoms with E-state index in [0.29, 0.717) is 12.5 Å². The fourth-order valence-corrected chi connectivity index (χ4v) is 1.99. The Morgan fingerprint density at radius 2 is 2.09 bits per heavy atom. The van der Waals surface area contributed by atoms with Crippen LogP contribution in [0.25, 0.3) is 0 Å². The van der Waals surface area contributed by atoms with Gasteiger partial charge in [-0.15, -0.1) is 0 Å². The molecule has 120 valence electrons. The van der Waals surface area contributed by atoms with Gasteiger partial charge in [-0.25, -0.2) is 0 Å². The number of rotatable bonds is 6. The molecule has 1 aromatic heterocycles. The van der Waals surface area contributed by atoms with Crippen LogP contribution >= 0.6 is 0 Å². The summed E-state index contributed by atoms with van der Waals surface area (Å²) in [6.07, 6.45) is 0. The van der Waals surface area contributed by atoms with E-state index in [9.17, 15) is 0 Å². The van der Waals surface area contributed by atoms with E-state index in [-0.39, 0.29) is 11.5 Å². The first-order valence-corrected chi connectivity index (χ1v) is 7.69. The molecule has 5 nitrogen and oxygen atoms in total. The molecular formula is C17H25N3O2. The molecule has 0 amide bonds. The molecule has 0 radical (unpaired) electrons. The molecule has 2 rings (SSSR count). The third-order valence-electron chi connectivity index (χ3n) is 3.30. The van der Waals surface area contributed by atoms with Gasteiger partial charge in [-0.2, -0.15) is 4.98 Å². The molecule has 0 aliphatic rings. The molecule has 0 aliphatic heterocycles. The second-order valence-electron chi connectivity index (χ2n) is 6.39. The van der Waals surface area contributed by atoms with Gasteiger partial charge in [-0.1, -0.05) is 38.1 Å². The number of nitrogens with zero attached hydrogens (tertiary/aromatic N) is 2. The fourth-order valence-electron chi connectivity index (χ4n) is 1.99. The zero-order valence-corrected chi connectivity index (χ0v) is 14.0. The Labute approximate surface area is 132 Å². The van der Waals surface area contributed by atoms with Gasteiger partial charge in [0.1, 0.15) is 5.75 Å². The molecule has 2 aromatic rings. The largest absolute Gasteiger partial charge is 0.494 e. The summed E-state index contributed by atoms with van der Waals surface area (Å²) in [5.74, 6) is 2.24. The van der Waals surface area contributed by atoms with Crippen LogP contribution in [0, 0.1) is 0 Å². The molecule has 1 aromatic carbocycles. The average Bonchev–Trinajstić information content (AvgIpc) is 2.95.